The predicted molar refractivity (Wildman–Crippen MR) is 79.8 cm³/mol. The number of nitrogens with zero attached hydrogens (tertiary/aromatic N) is 1. The molecule has 2 aromatic rings. The maximum atomic E-state index is 13.7. The Balaban J connectivity index is 2.40. The first-order valence-electron chi connectivity index (χ1n) is 6.10. The van der Waals surface area contributed by atoms with Crippen molar-refractivity contribution in [2.75, 3.05) is 7.11 Å². The lowest BCUT2D eigenvalue weighted by atomic mass is 9.92. The van der Waals surface area contributed by atoms with Gasteiger partial charge in [-0.25, -0.2) is 4.39 Å². The van der Waals surface area contributed by atoms with E-state index in [4.69, 9.17) is 4.74 Å². The molecule has 0 aromatic heterocycles. The van der Waals surface area contributed by atoms with Gasteiger partial charge in [0.15, 0.2) is 17.3 Å². The third kappa shape index (κ3) is 3.11. The molecule has 2 rings (SSSR count). The lowest BCUT2D eigenvalue weighted by Gasteiger charge is -2.11. The van der Waals surface area contributed by atoms with Crippen LogP contribution < -0.4 is 4.74 Å². The molecular weight excluding hydrogens is 337 g/mol. The molecule has 1 atom stereocenters. The van der Waals surface area contributed by atoms with Crippen molar-refractivity contribution in [3.8, 4) is 11.8 Å². The summed E-state index contributed by atoms with van der Waals surface area (Å²) in [7, 11) is 1.35. The SMILES string of the molecule is COc1ccc(C(=O)C(C#N)c2ccccc2Br)cc1F. The number of ether oxygens (including phenoxy) is 1. The Labute approximate surface area is 130 Å². The minimum atomic E-state index is -0.992. The zero-order chi connectivity index (χ0) is 15.4. The van der Waals surface area contributed by atoms with Crippen LogP contribution in [0.15, 0.2) is 46.9 Å². The van der Waals surface area contributed by atoms with Gasteiger partial charge in [0, 0.05) is 10.0 Å². The van der Waals surface area contributed by atoms with Gasteiger partial charge in [-0.1, -0.05) is 34.1 Å². The Morgan fingerprint density at radius 3 is 2.62 bits per heavy atom. The number of methoxy groups -OCH3 is 1. The van der Waals surface area contributed by atoms with Crippen molar-refractivity contribution >= 4 is 21.7 Å². The van der Waals surface area contributed by atoms with Crippen LogP contribution in [0.3, 0.4) is 0 Å². The van der Waals surface area contributed by atoms with Crippen LogP contribution in [0.4, 0.5) is 4.39 Å². The molecule has 5 heteroatoms. The fraction of sp³-hybridized carbons (Fsp3) is 0.125. The van der Waals surface area contributed by atoms with Gasteiger partial charge in [-0.2, -0.15) is 5.26 Å². The average Bonchev–Trinajstić information content (AvgIpc) is 2.49. The Morgan fingerprint density at radius 2 is 2.05 bits per heavy atom. The van der Waals surface area contributed by atoms with Gasteiger partial charge in [-0.05, 0) is 29.8 Å². The van der Waals surface area contributed by atoms with Crippen molar-refractivity contribution < 1.29 is 13.9 Å². The smallest absolute Gasteiger partial charge is 0.184 e. The first kappa shape index (κ1) is 15.2. The van der Waals surface area contributed by atoms with Gasteiger partial charge in [-0.3, -0.25) is 4.79 Å². The second-order valence-corrected chi connectivity index (χ2v) is 5.15. The zero-order valence-corrected chi connectivity index (χ0v) is 12.7. The fourth-order valence-electron chi connectivity index (χ4n) is 1.96. The molecule has 21 heavy (non-hydrogen) atoms. The number of nitriles is 1. The van der Waals surface area contributed by atoms with Crippen molar-refractivity contribution in [1.29, 1.82) is 5.26 Å². The molecule has 0 fully saturated rings. The van der Waals surface area contributed by atoms with Crippen molar-refractivity contribution in [1.82, 2.24) is 0 Å². The van der Waals surface area contributed by atoms with Crippen molar-refractivity contribution in [2.24, 2.45) is 0 Å². The second kappa shape index (κ2) is 6.51. The Kier molecular flexibility index (Phi) is 4.71. The number of ketones is 1. The Bertz CT molecular complexity index is 724. The quantitative estimate of drug-likeness (QED) is 0.782. The fourth-order valence-corrected chi connectivity index (χ4v) is 2.48. The molecule has 0 aliphatic rings. The maximum absolute atomic E-state index is 13.7. The highest BCUT2D eigenvalue weighted by Crippen LogP contribution is 2.28. The van der Waals surface area contributed by atoms with Crippen LogP contribution in [-0.2, 0) is 0 Å². The van der Waals surface area contributed by atoms with E-state index in [1.165, 1.54) is 19.2 Å². The molecule has 106 valence electrons. The van der Waals surface area contributed by atoms with Gasteiger partial charge in [0.2, 0.25) is 0 Å². The van der Waals surface area contributed by atoms with Gasteiger partial charge in [-0.15, -0.1) is 0 Å². The lowest BCUT2D eigenvalue weighted by Crippen LogP contribution is -2.12. The first-order chi connectivity index (χ1) is 10.1. The molecule has 0 radical (unpaired) electrons. The topological polar surface area (TPSA) is 50.1 Å². The molecule has 0 N–H and O–H groups in total. The summed E-state index contributed by atoms with van der Waals surface area (Å²) in [5.74, 6) is -2.02. The third-order valence-corrected chi connectivity index (χ3v) is 3.77. The van der Waals surface area contributed by atoms with Gasteiger partial charge < -0.3 is 4.74 Å². The number of rotatable bonds is 4. The Morgan fingerprint density at radius 1 is 1.33 bits per heavy atom. The molecule has 3 nitrogen and oxygen atoms in total. The van der Waals surface area contributed by atoms with Crippen LogP contribution in [0.2, 0.25) is 0 Å². The molecule has 0 aliphatic carbocycles. The summed E-state index contributed by atoms with van der Waals surface area (Å²) in [5, 5.41) is 9.30. The number of carbonyl (C=O) groups excluding carboxylic acids is 1. The largest absolute Gasteiger partial charge is 0.494 e. The number of hydrogen-bond donors (Lipinski definition) is 0. The van der Waals surface area contributed by atoms with E-state index in [0.29, 0.717) is 10.0 Å². The summed E-state index contributed by atoms with van der Waals surface area (Å²) in [6, 6.07) is 12.9. The summed E-state index contributed by atoms with van der Waals surface area (Å²) < 4.78 is 19.2. The van der Waals surface area contributed by atoms with Gasteiger partial charge in [0.1, 0.15) is 5.92 Å². The summed E-state index contributed by atoms with van der Waals surface area (Å²) in [6.07, 6.45) is 0. The van der Waals surface area contributed by atoms with E-state index in [2.05, 4.69) is 15.9 Å². The van der Waals surface area contributed by atoms with E-state index in [-0.39, 0.29) is 11.3 Å². The predicted octanol–water partition coefficient (Wildman–Crippen LogP) is 4.09. The highest BCUT2D eigenvalue weighted by Gasteiger charge is 2.24. The molecular formula is C16H11BrFNO2. The highest BCUT2D eigenvalue weighted by molar-refractivity contribution is 9.10. The van der Waals surface area contributed by atoms with Gasteiger partial charge >= 0.3 is 0 Å². The maximum Gasteiger partial charge on any atom is 0.184 e. The van der Waals surface area contributed by atoms with E-state index in [0.717, 1.165) is 6.07 Å². The third-order valence-electron chi connectivity index (χ3n) is 3.04. The number of Topliss-reactive ketones (excluding diaryl/α,β-unsaturated/α-hetero) is 1. The lowest BCUT2D eigenvalue weighted by molar-refractivity contribution is 0.0978. The van der Waals surface area contributed by atoms with Crippen molar-refractivity contribution in [3.63, 3.8) is 0 Å². The van der Waals surface area contributed by atoms with E-state index in [9.17, 15) is 14.4 Å². The van der Waals surface area contributed by atoms with Crippen molar-refractivity contribution in [3.05, 3.63) is 63.9 Å². The van der Waals surface area contributed by atoms with Crippen LogP contribution in [0, 0.1) is 17.1 Å². The second-order valence-electron chi connectivity index (χ2n) is 4.30. The van der Waals surface area contributed by atoms with Crippen LogP contribution in [0.25, 0.3) is 0 Å². The minimum absolute atomic E-state index is 0.0564. The van der Waals surface area contributed by atoms with Crippen LogP contribution in [-0.4, -0.2) is 12.9 Å². The normalized spacial score (nSPS) is 11.5. The minimum Gasteiger partial charge on any atom is -0.494 e. The first-order valence-corrected chi connectivity index (χ1v) is 6.89. The summed E-state index contributed by atoms with van der Waals surface area (Å²) in [4.78, 5) is 12.4. The Hall–Kier alpha value is -2.19. The highest BCUT2D eigenvalue weighted by atomic mass is 79.9. The summed E-state index contributed by atoms with van der Waals surface area (Å²) >= 11 is 3.32. The van der Waals surface area contributed by atoms with Crippen LogP contribution >= 0.6 is 15.9 Å². The van der Waals surface area contributed by atoms with Crippen LogP contribution in [0.1, 0.15) is 21.8 Å². The van der Waals surface area contributed by atoms with Gasteiger partial charge in [0.25, 0.3) is 0 Å². The molecule has 1 unspecified atom stereocenters. The van der Waals surface area contributed by atoms with E-state index in [1.807, 2.05) is 6.07 Å². The summed E-state index contributed by atoms with van der Waals surface area (Å²) in [6.45, 7) is 0. The molecule has 0 spiro atoms. The molecule has 0 saturated carbocycles. The van der Waals surface area contributed by atoms with E-state index in [1.54, 1.807) is 24.3 Å². The molecule has 0 bridgehead atoms. The number of carbonyl (C=O) groups is 1. The summed E-state index contributed by atoms with van der Waals surface area (Å²) in [5.41, 5.74) is 0.692. The number of halogens is 2. The van der Waals surface area contributed by atoms with Crippen molar-refractivity contribution in [2.45, 2.75) is 5.92 Å². The van der Waals surface area contributed by atoms with Crippen LogP contribution in [0.5, 0.6) is 5.75 Å². The number of hydrogen-bond acceptors (Lipinski definition) is 3. The molecule has 0 amide bonds. The van der Waals surface area contributed by atoms with E-state index >= 15 is 0 Å². The molecule has 2 aromatic carbocycles. The average molecular weight is 348 g/mol. The number of benzene rings is 2. The monoisotopic (exact) mass is 347 g/mol. The molecule has 0 aliphatic heterocycles. The molecule has 0 saturated heterocycles. The van der Waals surface area contributed by atoms with E-state index < -0.39 is 17.5 Å². The van der Waals surface area contributed by atoms with Gasteiger partial charge in [0.05, 0.1) is 13.2 Å². The zero-order valence-electron chi connectivity index (χ0n) is 11.1. The standard InChI is InChI=1S/C16H11BrFNO2/c1-21-15-7-6-10(8-14(15)18)16(20)12(9-19)11-4-2-3-5-13(11)17/h2-8,12H,1H3. The molecule has 0 heterocycles.